The van der Waals surface area contributed by atoms with Crippen LogP contribution in [0.1, 0.15) is 13.8 Å². The quantitative estimate of drug-likeness (QED) is 0.450. The van der Waals surface area contributed by atoms with E-state index in [0.717, 1.165) is 0 Å². The molecule has 1 aliphatic rings. The Kier molecular flexibility index (Phi) is 4.45. The topological polar surface area (TPSA) is 99.4 Å². The third-order valence-corrected chi connectivity index (χ3v) is 2.25. The van der Waals surface area contributed by atoms with Gasteiger partial charge in [0.25, 0.3) is 0 Å². The molecule has 5 atom stereocenters. The average Bonchev–Trinajstić information content (AvgIpc) is 2.18. The first-order chi connectivity index (χ1) is 6.97. The van der Waals surface area contributed by atoms with Gasteiger partial charge >= 0.3 is 0 Å². The standard InChI is InChI=1S/C9H18O6/c1-4(2)14-9-8(13)7(12)6(11)5(3-10)15-9/h4-13H,3H2,1-2H3/t5-,6+,7+,8-,9+/m1/s1. The van der Waals surface area contributed by atoms with E-state index < -0.39 is 37.3 Å². The minimum atomic E-state index is -1.38. The molecule has 0 spiro atoms. The molecule has 4 N–H and O–H groups in total. The van der Waals surface area contributed by atoms with Crippen LogP contribution in [-0.2, 0) is 9.47 Å². The van der Waals surface area contributed by atoms with Crippen LogP contribution in [0.4, 0.5) is 0 Å². The van der Waals surface area contributed by atoms with Gasteiger partial charge in [0.2, 0.25) is 0 Å². The van der Waals surface area contributed by atoms with Crippen LogP contribution in [-0.4, -0.2) is 63.8 Å². The van der Waals surface area contributed by atoms with Gasteiger partial charge in [-0.1, -0.05) is 0 Å². The third-order valence-electron chi connectivity index (χ3n) is 2.25. The van der Waals surface area contributed by atoms with Crippen molar-refractivity contribution < 1.29 is 29.9 Å². The van der Waals surface area contributed by atoms with Gasteiger partial charge in [-0.2, -0.15) is 0 Å². The van der Waals surface area contributed by atoms with E-state index in [4.69, 9.17) is 14.6 Å². The molecule has 0 aromatic rings. The SMILES string of the molecule is CC(C)O[C@H]1O[C@H](CO)[C@H](O)[C@H](O)[C@H]1O. The first-order valence-electron chi connectivity index (χ1n) is 4.93. The molecule has 90 valence electrons. The zero-order valence-corrected chi connectivity index (χ0v) is 8.78. The Morgan fingerprint density at radius 2 is 1.73 bits per heavy atom. The second-order valence-corrected chi connectivity index (χ2v) is 3.88. The molecule has 1 aliphatic heterocycles. The largest absolute Gasteiger partial charge is 0.394 e. The van der Waals surface area contributed by atoms with Crippen LogP contribution in [0.15, 0.2) is 0 Å². The molecule has 15 heavy (non-hydrogen) atoms. The fraction of sp³-hybridized carbons (Fsp3) is 1.00. The lowest BCUT2D eigenvalue weighted by Crippen LogP contribution is -2.59. The van der Waals surface area contributed by atoms with Gasteiger partial charge in [-0.25, -0.2) is 0 Å². The Balaban J connectivity index is 2.65. The molecule has 0 radical (unpaired) electrons. The monoisotopic (exact) mass is 222 g/mol. The molecule has 6 heteroatoms. The van der Waals surface area contributed by atoms with E-state index in [1.165, 1.54) is 0 Å². The molecule has 0 aliphatic carbocycles. The van der Waals surface area contributed by atoms with Gasteiger partial charge in [0.1, 0.15) is 24.4 Å². The minimum absolute atomic E-state index is 0.188. The van der Waals surface area contributed by atoms with E-state index in [1.54, 1.807) is 13.8 Å². The summed E-state index contributed by atoms with van der Waals surface area (Å²) in [5.41, 5.74) is 0. The summed E-state index contributed by atoms with van der Waals surface area (Å²) >= 11 is 0. The van der Waals surface area contributed by atoms with Crippen molar-refractivity contribution in [1.29, 1.82) is 0 Å². The molecular weight excluding hydrogens is 204 g/mol. The van der Waals surface area contributed by atoms with Crippen LogP contribution in [0.5, 0.6) is 0 Å². The molecule has 6 nitrogen and oxygen atoms in total. The molecule has 0 aromatic heterocycles. The molecule has 0 saturated carbocycles. The molecule has 1 saturated heterocycles. The summed E-state index contributed by atoms with van der Waals surface area (Å²) in [6.45, 7) is 3.06. The second-order valence-electron chi connectivity index (χ2n) is 3.88. The Bertz CT molecular complexity index is 195. The lowest BCUT2D eigenvalue weighted by molar-refractivity contribution is -0.308. The number of ether oxygens (including phenoxy) is 2. The second kappa shape index (κ2) is 5.20. The Morgan fingerprint density at radius 3 is 2.20 bits per heavy atom. The van der Waals surface area contributed by atoms with Gasteiger partial charge in [-0.05, 0) is 13.8 Å². The van der Waals surface area contributed by atoms with Gasteiger partial charge in [-0.3, -0.25) is 0 Å². The highest BCUT2D eigenvalue weighted by molar-refractivity contribution is 4.88. The average molecular weight is 222 g/mol. The van der Waals surface area contributed by atoms with Gasteiger partial charge < -0.3 is 29.9 Å². The van der Waals surface area contributed by atoms with Crippen molar-refractivity contribution in [3.05, 3.63) is 0 Å². The van der Waals surface area contributed by atoms with Crippen molar-refractivity contribution in [3.63, 3.8) is 0 Å². The maximum Gasteiger partial charge on any atom is 0.186 e. The highest BCUT2D eigenvalue weighted by Crippen LogP contribution is 2.22. The lowest BCUT2D eigenvalue weighted by Gasteiger charge is -2.40. The van der Waals surface area contributed by atoms with Crippen molar-refractivity contribution in [2.45, 2.75) is 50.7 Å². The van der Waals surface area contributed by atoms with Crippen LogP contribution in [0.3, 0.4) is 0 Å². The lowest BCUT2D eigenvalue weighted by atomic mass is 9.99. The van der Waals surface area contributed by atoms with Gasteiger partial charge in [0.15, 0.2) is 6.29 Å². The zero-order chi connectivity index (χ0) is 11.6. The summed E-state index contributed by atoms with van der Waals surface area (Å²) in [6, 6.07) is 0. The molecule has 0 aromatic carbocycles. The van der Waals surface area contributed by atoms with Crippen LogP contribution in [0, 0.1) is 0 Å². The van der Waals surface area contributed by atoms with Crippen molar-refractivity contribution in [2.75, 3.05) is 6.61 Å². The van der Waals surface area contributed by atoms with Crippen molar-refractivity contribution in [2.24, 2.45) is 0 Å². The van der Waals surface area contributed by atoms with Crippen LogP contribution >= 0.6 is 0 Å². The summed E-state index contributed by atoms with van der Waals surface area (Å²) in [6.07, 6.45) is -6.15. The molecule has 1 fully saturated rings. The molecule has 0 unspecified atom stereocenters. The Hall–Kier alpha value is -0.240. The van der Waals surface area contributed by atoms with Crippen molar-refractivity contribution >= 4 is 0 Å². The van der Waals surface area contributed by atoms with Crippen LogP contribution in [0.25, 0.3) is 0 Å². The zero-order valence-electron chi connectivity index (χ0n) is 8.78. The molecule has 0 bridgehead atoms. The van der Waals surface area contributed by atoms with Gasteiger partial charge in [-0.15, -0.1) is 0 Å². The maximum absolute atomic E-state index is 9.53. The van der Waals surface area contributed by atoms with E-state index >= 15 is 0 Å². The Morgan fingerprint density at radius 1 is 1.13 bits per heavy atom. The number of hydrogen-bond acceptors (Lipinski definition) is 6. The molecule has 1 heterocycles. The summed E-state index contributed by atoms with van der Waals surface area (Å²) in [7, 11) is 0. The van der Waals surface area contributed by atoms with Gasteiger partial charge in [0, 0.05) is 0 Å². The number of aliphatic hydroxyl groups is 4. The fourth-order valence-corrected chi connectivity index (χ4v) is 1.45. The van der Waals surface area contributed by atoms with E-state index in [0.29, 0.717) is 0 Å². The normalized spacial score (nSPS) is 42.2. The van der Waals surface area contributed by atoms with E-state index in [-0.39, 0.29) is 6.10 Å². The fourth-order valence-electron chi connectivity index (χ4n) is 1.45. The minimum Gasteiger partial charge on any atom is -0.394 e. The highest BCUT2D eigenvalue weighted by atomic mass is 16.7. The summed E-state index contributed by atoms with van der Waals surface area (Å²) in [4.78, 5) is 0. The van der Waals surface area contributed by atoms with Crippen LogP contribution in [0.2, 0.25) is 0 Å². The Labute approximate surface area is 88.1 Å². The van der Waals surface area contributed by atoms with E-state index in [2.05, 4.69) is 0 Å². The first-order valence-corrected chi connectivity index (χ1v) is 4.93. The van der Waals surface area contributed by atoms with Gasteiger partial charge in [0.05, 0.1) is 12.7 Å². The molecular formula is C9H18O6. The summed E-state index contributed by atoms with van der Waals surface area (Å²) < 4.78 is 10.3. The first kappa shape index (κ1) is 12.8. The van der Waals surface area contributed by atoms with Crippen LogP contribution < -0.4 is 0 Å². The van der Waals surface area contributed by atoms with E-state index in [1.807, 2.05) is 0 Å². The third kappa shape index (κ3) is 2.87. The van der Waals surface area contributed by atoms with E-state index in [9.17, 15) is 15.3 Å². The van der Waals surface area contributed by atoms with Crippen molar-refractivity contribution in [3.8, 4) is 0 Å². The summed E-state index contributed by atoms with van der Waals surface area (Å²) in [5.74, 6) is 0. The highest BCUT2D eigenvalue weighted by Gasteiger charge is 2.44. The predicted molar refractivity (Wildman–Crippen MR) is 50.0 cm³/mol. The van der Waals surface area contributed by atoms with Crippen molar-refractivity contribution in [1.82, 2.24) is 0 Å². The molecule has 1 rings (SSSR count). The number of hydrogen-bond donors (Lipinski definition) is 4. The molecule has 0 amide bonds. The maximum atomic E-state index is 9.53. The smallest absolute Gasteiger partial charge is 0.186 e. The summed E-state index contributed by atoms with van der Waals surface area (Å²) in [5, 5.41) is 37.3. The predicted octanol–water partition coefficient (Wildman–Crippen LogP) is -1.79. The number of aliphatic hydroxyl groups excluding tert-OH is 4. The number of rotatable bonds is 3.